The number of unbranched alkanes of at least 4 members (excludes halogenated alkanes) is 4. The number of nitrogens with two attached hydrogens (primary N) is 1. The van der Waals surface area contributed by atoms with Crippen LogP contribution in [0.3, 0.4) is 0 Å². The van der Waals surface area contributed by atoms with E-state index in [1.54, 1.807) is 18.2 Å². The van der Waals surface area contributed by atoms with Gasteiger partial charge in [0.05, 0.1) is 12.4 Å². The van der Waals surface area contributed by atoms with Crippen molar-refractivity contribution in [3.05, 3.63) is 89.4 Å². The fourth-order valence-electron chi connectivity index (χ4n) is 9.72. The van der Waals surface area contributed by atoms with Gasteiger partial charge in [-0.15, -0.1) is 10.2 Å². The highest BCUT2D eigenvalue weighted by atomic mass is 32.2. The Labute approximate surface area is 389 Å². The molecule has 0 bridgehead atoms. The number of nitrogens with one attached hydrogen (secondary N) is 3. The van der Waals surface area contributed by atoms with Gasteiger partial charge in [0.25, 0.3) is 11.8 Å². The summed E-state index contributed by atoms with van der Waals surface area (Å²) in [6.45, 7) is 9.49. The van der Waals surface area contributed by atoms with Gasteiger partial charge in [-0.25, -0.2) is 9.97 Å². The van der Waals surface area contributed by atoms with Crippen molar-refractivity contribution in [2.75, 3.05) is 60.9 Å². The minimum Gasteiger partial charge on any atom is -0.355 e. The van der Waals surface area contributed by atoms with Gasteiger partial charge in [-0.1, -0.05) is 49.2 Å². The van der Waals surface area contributed by atoms with Crippen LogP contribution in [-0.2, 0) is 27.5 Å². The number of aromatic nitrogens is 4. The van der Waals surface area contributed by atoms with Crippen LogP contribution in [0.4, 0.5) is 17.3 Å². The molecule has 2 aromatic heterocycles. The molecule has 5 amide bonds. The summed E-state index contributed by atoms with van der Waals surface area (Å²) >= 11 is 1.53. The van der Waals surface area contributed by atoms with Crippen molar-refractivity contribution in [2.45, 2.75) is 106 Å². The molecule has 66 heavy (non-hydrogen) atoms. The normalized spacial score (nSPS) is 19.8. The summed E-state index contributed by atoms with van der Waals surface area (Å²) in [5.41, 5.74) is 9.61. The standard InChI is InChI=1S/C48H58N12O5S/c1-47(49)17-20-58(21-18-47)40-25-51-43(26-50-40)66-35-9-7-8-34(23-35)53-41(61)10-5-3-2-4-6-19-57-28-48(29-57)30-59(31-48)39-15-13-37(55-56-39)44(63)52-24-32-11-12-36-33(22-32)27-60(46(36)65)38-14-16-42(62)54-45(38)64/h7-9,11-13,15,22-23,25-26,38H,2-6,10,14,16-21,24,27-31,49H2,1H3,(H,52,63)(H,53,61)(H,54,62,64). The number of hydrogen-bond donors (Lipinski definition) is 4. The summed E-state index contributed by atoms with van der Waals surface area (Å²) in [4.78, 5) is 81.4. The van der Waals surface area contributed by atoms with Crippen molar-refractivity contribution in [1.29, 1.82) is 0 Å². The van der Waals surface area contributed by atoms with Crippen molar-refractivity contribution < 1.29 is 24.0 Å². The molecule has 5 aliphatic heterocycles. The monoisotopic (exact) mass is 914 g/mol. The van der Waals surface area contributed by atoms with Gasteiger partial charge in [-0.05, 0) is 93.1 Å². The minimum atomic E-state index is -0.672. The zero-order valence-corrected chi connectivity index (χ0v) is 38.3. The van der Waals surface area contributed by atoms with Crippen molar-refractivity contribution in [2.24, 2.45) is 11.1 Å². The number of nitrogens with zero attached hydrogens (tertiary/aromatic N) is 8. The first kappa shape index (κ1) is 45.2. The van der Waals surface area contributed by atoms with Gasteiger partial charge in [0.15, 0.2) is 11.5 Å². The third-order valence-corrected chi connectivity index (χ3v) is 14.4. The molecule has 0 saturated carbocycles. The van der Waals surface area contributed by atoms with Crippen LogP contribution < -0.4 is 31.5 Å². The van der Waals surface area contributed by atoms with Crippen molar-refractivity contribution in [3.63, 3.8) is 0 Å². The number of carbonyl (C=O) groups excluding carboxylic acids is 5. The molecule has 1 unspecified atom stereocenters. The SMILES string of the molecule is CC1(N)CCN(c2cnc(Sc3cccc(NC(=O)CCCCCCCN4CC5(C4)CN(c4ccc(C(=O)NCc6ccc7c(c6)CN(C6CCC(=O)NC6=O)C7=O)nn4)C5)c3)cn2)CC1. The topological polar surface area (TPSA) is 212 Å². The van der Waals surface area contributed by atoms with Crippen LogP contribution in [0.2, 0.25) is 0 Å². The number of piperidine rings is 2. The summed E-state index contributed by atoms with van der Waals surface area (Å²) in [6.07, 6.45) is 11.9. The molecule has 5 N–H and O–H groups in total. The van der Waals surface area contributed by atoms with E-state index in [2.05, 4.69) is 57.7 Å². The van der Waals surface area contributed by atoms with E-state index in [1.807, 2.05) is 48.8 Å². The molecule has 4 saturated heterocycles. The Morgan fingerprint density at radius 3 is 2.44 bits per heavy atom. The second-order valence-electron chi connectivity index (χ2n) is 19.0. The molecule has 1 atom stereocenters. The Morgan fingerprint density at radius 2 is 1.68 bits per heavy atom. The Hall–Kier alpha value is -5.98. The Bertz CT molecular complexity index is 2440. The number of rotatable bonds is 17. The highest BCUT2D eigenvalue weighted by Crippen LogP contribution is 2.41. The summed E-state index contributed by atoms with van der Waals surface area (Å²) < 4.78 is 0. The van der Waals surface area contributed by atoms with Gasteiger partial charge >= 0.3 is 0 Å². The highest BCUT2D eigenvalue weighted by Gasteiger charge is 2.51. The van der Waals surface area contributed by atoms with Gasteiger partial charge in [-0.3, -0.25) is 29.3 Å². The molecule has 346 valence electrons. The number of carbonyl (C=O) groups is 5. The number of hydrogen-bond acceptors (Lipinski definition) is 14. The predicted molar refractivity (Wildman–Crippen MR) is 250 cm³/mol. The molecule has 4 aromatic rings. The van der Waals surface area contributed by atoms with Gasteiger partial charge in [-0.2, -0.15) is 0 Å². The number of imide groups is 1. The van der Waals surface area contributed by atoms with E-state index >= 15 is 0 Å². The van der Waals surface area contributed by atoms with Crippen LogP contribution in [-0.4, -0.2) is 117 Å². The summed E-state index contributed by atoms with van der Waals surface area (Å²) in [5, 5.41) is 17.7. The molecule has 0 aliphatic carbocycles. The van der Waals surface area contributed by atoms with Crippen molar-refractivity contribution in [3.8, 4) is 0 Å². The third kappa shape index (κ3) is 10.7. The Kier molecular flexibility index (Phi) is 13.3. The number of likely N-dealkylation sites (tertiary alicyclic amines) is 1. The molecule has 4 fully saturated rings. The van der Waals surface area contributed by atoms with E-state index < -0.39 is 11.9 Å². The lowest BCUT2D eigenvalue weighted by Crippen LogP contribution is -2.72. The summed E-state index contributed by atoms with van der Waals surface area (Å²) in [5.74, 6) is 0.347. The molecule has 17 nitrogen and oxygen atoms in total. The second kappa shape index (κ2) is 19.5. The lowest BCUT2D eigenvalue weighted by molar-refractivity contribution is -0.137. The number of fused-ring (bicyclic) bond motifs is 1. The zero-order valence-electron chi connectivity index (χ0n) is 37.5. The number of amides is 5. The molecule has 18 heteroatoms. The number of benzene rings is 2. The lowest BCUT2D eigenvalue weighted by Gasteiger charge is -2.60. The Balaban J connectivity index is 0.613. The van der Waals surface area contributed by atoms with E-state index in [0.717, 1.165) is 129 Å². The van der Waals surface area contributed by atoms with Crippen LogP contribution in [0.15, 0.2) is 76.9 Å². The maximum Gasteiger partial charge on any atom is 0.272 e. The Morgan fingerprint density at radius 1 is 0.879 bits per heavy atom. The quantitative estimate of drug-likeness (QED) is 0.0848. The average molecular weight is 915 g/mol. The lowest BCUT2D eigenvalue weighted by atomic mass is 9.72. The fraction of sp³-hybridized carbons (Fsp3) is 0.479. The van der Waals surface area contributed by atoms with E-state index in [0.29, 0.717) is 23.8 Å². The minimum absolute atomic E-state index is 0.0386. The van der Waals surface area contributed by atoms with Crippen LogP contribution in [0.5, 0.6) is 0 Å². The first-order valence-electron chi connectivity index (χ1n) is 23.2. The van der Waals surface area contributed by atoms with Crippen molar-refractivity contribution >= 4 is 58.6 Å². The fourth-order valence-corrected chi connectivity index (χ4v) is 10.5. The first-order chi connectivity index (χ1) is 31.9. The van der Waals surface area contributed by atoms with Gasteiger partial charge in [0, 0.05) is 92.3 Å². The molecule has 1 spiro atoms. The largest absolute Gasteiger partial charge is 0.355 e. The molecule has 7 heterocycles. The molecule has 5 aliphatic rings. The van der Waals surface area contributed by atoms with Gasteiger partial charge in [0.2, 0.25) is 17.7 Å². The molecular weight excluding hydrogens is 857 g/mol. The van der Waals surface area contributed by atoms with E-state index in [1.165, 1.54) is 16.7 Å². The maximum atomic E-state index is 13.0. The van der Waals surface area contributed by atoms with Crippen LogP contribution >= 0.6 is 11.8 Å². The van der Waals surface area contributed by atoms with Crippen LogP contribution in [0, 0.1) is 5.41 Å². The van der Waals surface area contributed by atoms with Gasteiger partial charge in [0.1, 0.15) is 16.9 Å². The van der Waals surface area contributed by atoms with Gasteiger partial charge < -0.3 is 36.0 Å². The smallest absolute Gasteiger partial charge is 0.272 e. The first-order valence-corrected chi connectivity index (χ1v) is 24.0. The average Bonchev–Trinajstić information content (AvgIpc) is 3.60. The third-order valence-electron chi connectivity index (χ3n) is 13.5. The number of anilines is 3. The van der Waals surface area contributed by atoms with Crippen LogP contribution in [0.25, 0.3) is 0 Å². The van der Waals surface area contributed by atoms with E-state index in [-0.39, 0.29) is 54.4 Å². The maximum absolute atomic E-state index is 13.0. The van der Waals surface area contributed by atoms with E-state index in [9.17, 15) is 24.0 Å². The second-order valence-corrected chi connectivity index (χ2v) is 20.1. The van der Waals surface area contributed by atoms with Crippen LogP contribution in [0.1, 0.15) is 103 Å². The summed E-state index contributed by atoms with van der Waals surface area (Å²) in [7, 11) is 0. The zero-order chi connectivity index (χ0) is 45.8. The summed E-state index contributed by atoms with van der Waals surface area (Å²) in [6, 6.07) is 16.1. The molecule has 0 radical (unpaired) electrons. The van der Waals surface area contributed by atoms with E-state index in [4.69, 9.17) is 5.73 Å². The highest BCUT2D eigenvalue weighted by molar-refractivity contribution is 7.99. The molecule has 2 aromatic carbocycles. The van der Waals surface area contributed by atoms with Crippen molar-refractivity contribution in [1.82, 2.24) is 40.6 Å². The molecular formula is C48H58N12O5S. The predicted octanol–water partition coefficient (Wildman–Crippen LogP) is 4.53. The molecule has 9 rings (SSSR count).